The number of carbonyl (C=O) groups is 1. The van der Waals surface area contributed by atoms with Crippen LogP contribution in [0.15, 0.2) is 64.3 Å². The molecule has 0 fully saturated rings. The van der Waals surface area contributed by atoms with Crippen LogP contribution in [0.25, 0.3) is 5.69 Å². The van der Waals surface area contributed by atoms with Gasteiger partial charge >= 0.3 is 5.69 Å². The van der Waals surface area contributed by atoms with Crippen molar-refractivity contribution in [3.63, 3.8) is 0 Å². The monoisotopic (exact) mass is 395 g/mol. The Kier molecular flexibility index (Phi) is 6.13. The fourth-order valence-electron chi connectivity index (χ4n) is 2.77. The third-order valence-electron chi connectivity index (χ3n) is 4.06. The van der Waals surface area contributed by atoms with Crippen molar-refractivity contribution in [1.29, 1.82) is 0 Å². The Labute approximate surface area is 166 Å². The summed E-state index contributed by atoms with van der Waals surface area (Å²) in [6, 6.07) is 13.3. The number of ether oxygens (including phenoxy) is 2. The molecule has 8 heteroatoms. The fraction of sp³-hybridized carbons (Fsp3) is 0.190. The highest BCUT2D eigenvalue weighted by Crippen LogP contribution is 2.24. The van der Waals surface area contributed by atoms with Gasteiger partial charge in [0.15, 0.2) is 0 Å². The molecule has 0 atom stereocenters. The average molecular weight is 395 g/mol. The number of para-hydroxylation sites is 2. The van der Waals surface area contributed by atoms with Crippen molar-refractivity contribution >= 4 is 11.6 Å². The lowest BCUT2D eigenvalue weighted by Gasteiger charge is -2.12. The second-order valence-electron chi connectivity index (χ2n) is 5.96. The first kappa shape index (κ1) is 19.9. The van der Waals surface area contributed by atoms with Crippen molar-refractivity contribution in [1.82, 2.24) is 9.55 Å². The van der Waals surface area contributed by atoms with E-state index in [1.165, 1.54) is 0 Å². The first-order valence-corrected chi connectivity index (χ1v) is 9.16. The summed E-state index contributed by atoms with van der Waals surface area (Å²) < 4.78 is 11.7. The zero-order chi connectivity index (χ0) is 20.8. The van der Waals surface area contributed by atoms with Gasteiger partial charge in [0.05, 0.1) is 24.6 Å². The number of rotatable bonds is 7. The van der Waals surface area contributed by atoms with Crippen molar-refractivity contribution in [3.8, 4) is 17.2 Å². The van der Waals surface area contributed by atoms with Crippen LogP contribution in [0.2, 0.25) is 0 Å². The maximum absolute atomic E-state index is 12.9. The zero-order valence-corrected chi connectivity index (χ0v) is 16.1. The second kappa shape index (κ2) is 8.92. The van der Waals surface area contributed by atoms with Crippen LogP contribution in [0.5, 0.6) is 11.5 Å². The number of amides is 1. The highest BCUT2D eigenvalue weighted by atomic mass is 16.5. The van der Waals surface area contributed by atoms with Gasteiger partial charge in [-0.1, -0.05) is 12.1 Å². The summed E-state index contributed by atoms with van der Waals surface area (Å²) in [4.78, 5) is 40.3. The third-order valence-corrected chi connectivity index (χ3v) is 4.06. The van der Waals surface area contributed by atoms with Gasteiger partial charge in [0, 0.05) is 6.20 Å². The minimum atomic E-state index is -0.732. The van der Waals surface area contributed by atoms with Gasteiger partial charge < -0.3 is 19.8 Å². The van der Waals surface area contributed by atoms with Crippen molar-refractivity contribution in [2.45, 2.75) is 13.8 Å². The molecule has 0 saturated heterocycles. The molecule has 3 rings (SSSR count). The van der Waals surface area contributed by atoms with Crippen LogP contribution in [-0.4, -0.2) is 28.7 Å². The molecular weight excluding hydrogens is 374 g/mol. The first-order chi connectivity index (χ1) is 14.0. The summed E-state index contributed by atoms with van der Waals surface area (Å²) in [6.45, 7) is 4.61. The molecule has 150 valence electrons. The van der Waals surface area contributed by atoms with Gasteiger partial charge in [0.25, 0.3) is 11.5 Å². The molecule has 1 heterocycles. The van der Waals surface area contributed by atoms with Crippen LogP contribution in [0.4, 0.5) is 5.69 Å². The largest absolute Gasteiger partial charge is 0.494 e. The van der Waals surface area contributed by atoms with E-state index in [-0.39, 0.29) is 5.56 Å². The van der Waals surface area contributed by atoms with Gasteiger partial charge in [0.2, 0.25) is 0 Å². The number of hydrogen-bond acceptors (Lipinski definition) is 5. The lowest BCUT2D eigenvalue weighted by atomic mass is 10.2. The van der Waals surface area contributed by atoms with Gasteiger partial charge in [0.1, 0.15) is 17.1 Å². The third kappa shape index (κ3) is 4.37. The predicted molar refractivity (Wildman–Crippen MR) is 109 cm³/mol. The topological polar surface area (TPSA) is 102 Å². The zero-order valence-electron chi connectivity index (χ0n) is 16.1. The first-order valence-electron chi connectivity index (χ1n) is 9.16. The van der Waals surface area contributed by atoms with Crippen molar-refractivity contribution in [2.24, 2.45) is 0 Å². The van der Waals surface area contributed by atoms with Crippen LogP contribution < -0.4 is 26.0 Å². The molecule has 29 heavy (non-hydrogen) atoms. The molecule has 0 aliphatic heterocycles. The van der Waals surface area contributed by atoms with E-state index < -0.39 is 17.2 Å². The standard InChI is InChI=1S/C21H21N3O5/c1-3-28-15-11-9-14(10-12-15)24-20(26)16(13-22-21(24)27)19(25)23-17-7-5-6-8-18(17)29-4-2/h5-13H,3-4H2,1-2H3,(H,22,27)(H,23,25). The SMILES string of the molecule is CCOc1ccc(-n2c(=O)[nH]cc(C(=O)Nc3ccccc3OCC)c2=O)cc1. The van der Waals surface area contributed by atoms with E-state index >= 15 is 0 Å². The Morgan fingerprint density at radius 2 is 1.69 bits per heavy atom. The molecule has 0 unspecified atom stereocenters. The van der Waals surface area contributed by atoms with Crippen molar-refractivity contribution in [2.75, 3.05) is 18.5 Å². The van der Waals surface area contributed by atoms with E-state index in [0.717, 1.165) is 10.8 Å². The number of carbonyl (C=O) groups excluding carboxylic acids is 1. The maximum Gasteiger partial charge on any atom is 0.333 e. The minimum absolute atomic E-state index is 0.204. The average Bonchev–Trinajstić information content (AvgIpc) is 2.71. The number of aromatic amines is 1. The summed E-state index contributed by atoms with van der Waals surface area (Å²) in [7, 11) is 0. The highest BCUT2D eigenvalue weighted by Gasteiger charge is 2.17. The molecule has 1 amide bonds. The molecule has 0 saturated carbocycles. The quantitative estimate of drug-likeness (QED) is 0.640. The van der Waals surface area contributed by atoms with Gasteiger partial charge in [-0.3, -0.25) is 9.59 Å². The molecule has 0 bridgehead atoms. The van der Waals surface area contributed by atoms with Gasteiger partial charge in [-0.05, 0) is 50.2 Å². The van der Waals surface area contributed by atoms with E-state index in [1.807, 2.05) is 13.8 Å². The van der Waals surface area contributed by atoms with Gasteiger partial charge in [-0.2, -0.15) is 0 Å². The van der Waals surface area contributed by atoms with Crippen molar-refractivity contribution < 1.29 is 14.3 Å². The number of H-pyrrole nitrogens is 1. The lowest BCUT2D eigenvalue weighted by Crippen LogP contribution is -2.38. The number of nitrogens with one attached hydrogen (secondary N) is 2. The van der Waals surface area contributed by atoms with Crippen LogP contribution >= 0.6 is 0 Å². The smallest absolute Gasteiger partial charge is 0.333 e. The fourth-order valence-corrected chi connectivity index (χ4v) is 2.77. The van der Waals surface area contributed by atoms with Crippen LogP contribution in [0.3, 0.4) is 0 Å². The number of anilines is 1. The highest BCUT2D eigenvalue weighted by molar-refractivity contribution is 6.04. The summed E-state index contributed by atoms with van der Waals surface area (Å²) in [6.07, 6.45) is 1.11. The number of nitrogens with zero attached hydrogens (tertiary/aromatic N) is 1. The second-order valence-corrected chi connectivity index (χ2v) is 5.96. The Morgan fingerprint density at radius 1 is 1.00 bits per heavy atom. The molecule has 2 aromatic carbocycles. The molecule has 2 N–H and O–H groups in total. The van der Waals surface area contributed by atoms with E-state index in [0.29, 0.717) is 36.1 Å². The van der Waals surface area contributed by atoms with Crippen molar-refractivity contribution in [3.05, 3.63) is 81.1 Å². The minimum Gasteiger partial charge on any atom is -0.494 e. The van der Waals surface area contributed by atoms with E-state index in [4.69, 9.17) is 9.47 Å². The normalized spacial score (nSPS) is 10.4. The summed E-state index contributed by atoms with van der Waals surface area (Å²) in [5.74, 6) is 0.444. The van der Waals surface area contributed by atoms with E-state index in [1.54, 1.807) is 48.5 Å². The van der Waals surface area contributed by atoms with Crippen LogP contribution in [0.1, 0.15) is 24.2 Å². The summed E-state index contributed by atoms with van der Waals surface area (Å²) in [5, 5.41) is 2.66. The summed E-state index contributed by atoms with van der Waals surface area (Å²) in [5.41, 5.74) is -0.832. The molecule has 8 nitrogen and oxygen atoms in total. The Morgan fingerprint density at radius 3 is 2.38 bits per heavy atom. The number of benzene rings is 2. The van der Waals surface area contributed by atoms with Gasteiger partial charge in [-0.25, -0.2) is 9.36 Å². The Hall–Kier alpha value is -3.81. The summed E-state index contributed by atoms with van der Waals surface area (Å²) >= 11 is 0. The molecule has 0 aliphatic rings. The number of hydrogen-bond donors (Lipinski definition) is 2. The van der Waals surface area contributed by atoms with Crippen LogP contribution in [0, 0.1) is 0 Å². The number of aromatic nitrogens is 2. The maximum atomic E-state index is 12.9. The van der Waals surface area contributed by atoms with Crippen LogP contribution in [-0.2, 0) is 0 Å². The van der Waals surface area contributed by atoms with E-state index in [2.05, 4.69) is 10.3 Å². The van der Waals surface area contributed by atoms with Gasteiger partial charge in [-0.15, -0.1) is 0 Å². The molecule has 0 spiro atoms. The molecule has 0 radical (unpaired) electrons. The molecule has 3 aromatic rings. The molecule has 0 aliphatic carbocycles. The predicted octanol–water partition coefficient (Wildman–Crippen LogP) is 2.58. The molecule has 1 aromatic heterocycles. The van der Waals surface area contributed by atoms with E-state index in [9.17, 15) is 14.4 Å². The lowest BCUT2D eigenvalue weighted by molar-refractivity contribution is 0.102. The Bertz CT molecular complexity index is 1120. The molecular formula is C21H21N3O5. The Balaban J connectivity index is 1.95.